The SMILES string of the molecule is CCCCCCCCCCCCCCOc1ccccc1NC(=O)Nc1ccc(C[n+]2csc(C)c2)cc1.[Br-]. The monoisotopic (exact) mass is 615 g/mol. The maximum atomic E-state index is 12.6. The number of benzene rings is 2. The lowest BCUT2D eigenvalue weighted by Crippen LogP contribution is -3.00. The maximum absolute atomic E-state index is 12.6. The van der Waals surface area contributed by atoms with Gasteiger partial charge in [-0.3, -0.25) is 0 Å². The van der Waals surface area contributed by atoms with E-state index in [0.29, 0.717) is 18.0 Å². The van der Waals surface area contributed by atoms with Crippen LogP contribution in [0.1, 0.15) is 94.4 Å². The molecule has 2 N–H and O–H groups in total. The number of urea groups is 1. The number of halogens is 1. The number of unbranched alkanes of at least 4 members (excludes halogenated alkanes) is 11. The smallest absolute Gasteiger partial charge is 0.323 e. The van der Waals surface area contributed by atoms with Crippen LogP contribution in [-0.2, 0) is 6.54 Å². The van der Waals surface area contributed by atoms with Crippen molar-refractivity contribution in [1.82, 2.24) is 0 Å². The summed E-state index contributed by atoms with van der Waals surface area (Å²) in [5.74, 6) is 0.712. The number of ether oxygens (including phenoxy) is 1. The average molecular weight is 617 g/mol. The number of aromatic nitrogens is 1. The standard InChI is InChI=1S/C32H45N3O2S.BrH/c1-3-4-5-6-7-8-9-10-11-12-13-16-23-37-31-18-15-14-17-30(31)34-32(36)33-29-21-19-28(20-22-29)25-35-24-27(2)38-26-35;/h14-15,17-22,24,26H,3-13,16,23,25H2,1-2H3,(H-,33,34,36);1H. The molecule has 0 aliphatic carbocycles. The first-order chi connectivity index (χ1) is 18.6. The molecule has 3 aromatic rings. The van der Waals surface area contributed by atoms with Gasteiger partial charge in [0, 0.05) is 11.3 Å². The van der Waals surface area contributed by atoms with Gasteiger partial charge in [-0.15, -0.1) is 0 Å². The molecule has 0 aliphatic heterocycles. The zero-order valence-electron chi connectivity index (χ0n) is 23.7. The third-order valence-electron chi connectivity index (χ3n) is 6.69. The first-order valence-electron chi connectivity index (χ1n) is 14.5. The molecule has 1 aromatic heterocycles. The number of nitrogens with one attached hydrogen (secondary N) is 2. The molecule has 0 saturated heterocycles. The van der Waals surface area contributed by atoms with E-state index in [4.69, 9.17) is 4.74 Å². The third kappa shape index (κ3) is 13.5. The minimum absolute atomic E-state index is 0. The highest BCUT2D eigenvalue weighted by Crippen LogP contribution is 2.24. The predicted molar refractivity (Wildman–Crippen MR) is 160 cm³/mol. The molecule has 0 bridgehead atoms. The zero-order valence-corrected chi connectivity index (χ0v) is 26.1. The number of rotatable bonds is 18. The van der Waals surface area contributed by atoms with Crippen molar-refractivity contribution in [2.45, 2.75) is 97.4 Å². The third-order valence-corrected chi connectivity index (χ3v) is 7.54. The molecular formula is C32H46BrN3O2S. The molecule has 2 aromatic carbocycles. The van der Waals surface area contributed by atoms with Gasteiger partial charge in [-0.2, -0.15) is 4.57 Å². The Morgan fingerprint density at radius 3 is 2.05 bits per heavy atom. The van der Waals surface area contributed by atoms with E-state index in [1.54, 1.807) is 11.3 Å². The number of hydrogen-bond acceptors (Lipinski definition) is 3. The average Bonchev–Trinajstić information content (AvgIpc) is 3.33. The fraction of sp³-hybridized carbons (Fsp3) is 0.500. The van der Waals surface area contributed by atoms with Gasteiger partial charge in [0.1, 0.15) is 5.75 Å². The molecule has 0 spiro atoms. The van der Waals surface area contributed by atoms with Crippen molar-refractivity contribution >= 4 is 28.7 Å². The molecule has 0 fully saturated rings. The van der Waals surface area contributed by atoms with Crippen molar-refractivity contribution in [2.24, 2.45) is 0 Å². The quantitative estimate of drug-likeness (QED) is 0.134. The van der Waals surface area contributed by atoms with Gasteiger partial charge in [0.2, 0.25) is 5.51 Å². The van der Waals surface area contributed by atoms with Crippen LogP contribution in [0.2, 0.25) is 0 Å². The van der Waals surface area contributed by atoms with Crippen LogP contribution >= 0.6 is 11.3 Å². The number of thiazole rings is 1. The maximum Gasteiger partial charge on any atom is 0.323 e. The summed E-state index contributed by atoms with van der Waals surface area (Å²) in [6, 6.07) is 15.3. The Morgan fingerprint density at radius 1 is 0.821 bits per heavy atom. The molecule has 0 atom stereocenters. The fourth-order valence-corrected chi connectivity index (χ4v) is 5.17. The number of carbonyl (C=O) groups excluding carboxylic acids is 1. The van der Waals surface area contributed by atoms with Crippen molar-refractivity contribution in [3.8, 4) is 5.75 Å². The van der Waals surface area contributed by atoms with E-state index in [2.05, 4.69) is 40.8 Å². The number of amides is 2. The van der Waals surface area contributed by atoms with E-state index in [0.717, 1.165) is 18.7 Å². The van der Waals surface area contributed by atoms with Crippen LogP contribution < -0.4 is 36.9 Å². The number of para-hydroxylation sites is 2. The molecular weight excluding hydrogens is 570 g/mol. The Morgan fingerprint density at radius 2 is 1.44 bits per heavy atom. The van der Waals surface area contributed by atoms with Crippen LogP contribution in [0.15, 0.2) is 60.2 Å². The van der Waals surface area contributed by atoms with Crippen molar-refractivity contribution in [3.63, 3.8) is 0 Å². The van der Waals surface area contributed by atoms with Gasteiger partial charge in [0.25, 0.3) is 0 Å². The van der Waals surface area contributed by atoms with Crippen LogP contribution in [0.25, 0.3) is 0 Å². The predicted octanol–water partition coefficient (Wildman–Crippen LogP) is 6.12. The van der Waals surface area contributed by atoms with Crippen LogP contribution in [0.4, 0.5) is 16.2 Å². The molecule has 2 amide bonds. The first-order valence-corrected chi connectivity index (χ1v) is 15.3. The van der Waals surface area contributed by atoms with E-state index >= 15 is 0 Å². The highest BCUT2D eigenvalue weighted by Gasteiger charge is 2.09. The summed E-state index contributed by atoms with van der Waals surface area (Å²) < 4.78 is 8.18. The normalized spacial score (nSPS) is 10.6. The zero-order chi connectivity index (χ0) is 26.8. The molecule has 0 aliphatic rings. The van der Waals surface area contributed by atoms with Gasteiger partial charge < -0.3 is 32.4 Å². The lowest BCUT2D eigenvalue weighted by atomic mass is 10.1. The second-order valence-electron chi connectivity index (χ2n) is 10.1. The Hall–Kier alpha value is -2.38. The van der Waals surface area contributed by atoms with Gasteiger partial charge in [-0.05, 0) is 37.6 Å². The summed E-state index contributed by atoms with van der Waals surface area (Å²) in [7, 11) is 0. The second kappa shape index (κ2) is 19.6. The summed E-state index contributed by atoms with van der Waals surface area (Å²) in [5.41, 5.74) is 4.75. The minimum Gasteiger partial charge on any atom is -1.00 e. The van der Waals surface area contributed by atoms with Crippen molar-refractivity contribution in [2.75, 3.05) is 17.2 Å². The Labute approximate surface area is 250 Å². The summed E-state index contributed by atoms with van der Waals surface area (Å²) in [5, 5.41) is 5.85. The highest BCUT2D eigenvalue weighted by molar-refractivity contribution is 7.09. The van der Waals surface area contributed by atoms with Crippen molar-refractivity contribution < 1.29 is 31.1 Å². The Bertz CT molecular complexity index is 1070. The molecule has 0 saturated carbocycles. The molecule has 3 rings (SSSR count). The highest BCUT2D eigenvalue weighted by atomic mass is 79.9. The van der Waals surface area contributed by atoms with Gasteiger partial charge >= 0.3 is 6.03 Å². The topological polar surface area (TPSA) is 54.2 Å². The van der Waals surface area contributed by atoms with E-state index < -0.39 is 0 Å². The second-order valence-corrected chi connectivity index (χ2v) is 11.2. The van der Waals surface area contributed by atoms with E-state index in [9.17, 15) is 4.79 Å². The molecule has 7 heteroatoms. The first kappa shape index (κ1) is 32.8. The summed E-state index contributed by atoms with van der Waals surface area (Å²) >= 11 is 1.74. The van der Waals surface area contributed by atoms with Crippen LogP contribution in [0.5, 0.6) is 5.75 Å². The molecule has 0 unspecified atom stereocenters. The summed E-state index contributed by atoms with van der Waals surface area (Å²) in [6.45, 7) is 5.87. The molecule has 0 radical (unpaired) electrons. The van der Waals surface area contributed by atoms with Crippen molar-refractivity contribution in [1.29, 1.82) is 0 Å². The fourth-order valence-electron chi connectivity index (χ4n) is 4.54. The number of carbonyl (C=O) groups is 1. The molecule has 1 heterocycles. The van der Waals surface area contributed by atoms with E-state index in [1.807, 2.05) is 48.5 Å². The van der Waals surface area contributed by atoms with Gasteiger partial charge in [0.05, 0.1) is 17.2 Å². The lowest BCUT2D eigenvalue weighted by molar-refractivity contribution is -0.683. The Kier molecular flexibility index (Phi) is 16.5. The largest absolute Gasteiger partial charge is 1.00 e. The molecule has 5 nitrogen and oxygen atoms in total. The van der Waals surface area contributed by atoms with Crippen LogP contribution in [0, 0.1) is 6.92 Å². The molecule has 214 valence electrons. The van der Waals surface area contributed by atoms with Gasteiger partial charge in [-0.25, -0.2) is 4.79 Å². The number of aryl methyl sites for hydroxylation is 1. The summed E-state index contributed by atoms with van der Waals surface area (Å²) in [4.78, 5) is 13.9. The van der Waals surface area contributed by atoms with Gasteiger partial charge in [0.15, 0.2) is 12.7 Å². The van der Waals surface area contributed by atoms with E-state index in [1.165, 1.54) is 81.1 Å². The molecule has 39 heavy (non-hydrogen) atoms. The van der Waals surface area contributed by atoms with Gasteiger partial charge in [-0.1, -0.05) is 113 Å². The Balaban J connectivity index is 0.00000533. The van der Waals surface area contributed by atoms with Crippen LogP contribution in [-0.4, -0.2) is 12.6 Å². The van der Waals surface area contributed by atoms with E-state index in [-0.39, 0.29) is 23.0 Å². The number of hydrogen-bond donors (Lipinski definition) is 2. The summed E-state index contributed by atoms with van der Waals surface area (Å²) in [6.07, 6.45) is 18.0. The lowest BCUT2D eigenvalue weighted by Gasteiger charge is -2.13. The van der Waals surface area contributed by atoms with Crippen LogP contribution in [0.3, 0.4) is 0 Å². The van der Waals surface area contributed by atoms with Crippen molar-refractivity contribution in [3.05, 3.63) is 70.7 Å². The number of nitrogens with zero attached hydrogens (tertiary/aromatic N) is 1. The number of anilines is 2. The minimum atomic E-state index is -0.276.